The number of rotatable bonds is 5. The van der Waals surface area contributed by atoms with Crippen molar-refractivity contribution in [3.63, 3.8) is 0 Å². The average molecular weight is 294 g/mol. The van der Waals surface area contributed by atoms with Crippen molar-refractivity contribution >= 4 is 11.6 Å². The van der Waals surface area contributed by atoms with Gasteiger partial charge in [-0.15, -0.1) is 0 Å². The van der Waals surface area contributed by atoms with Crippen molar-refractivity contribution in [3.8, 4) is 5.75 Å². The van der Waals surface area contributed by atoms with Gasteiger partial charge in [0, 0.05) is 6.04 Å². The number of nitrogens with two attached hydrogens (primary N) is 1. The lowest BCUT2D eigenvalue weighted by atomic mass is 9.99. The largest absolute Gasteiger partial charge is 0.497 e. The van der Waals surface area contributed by atoms with Crippen molar-refractivity contribution in [3.05, 3.63) is 64.4 Å². The predicted octanol–water partition coefficient (Wildman–Crippen LogP) is 4.12. The maximum absolute atomic E-state index is 13.4. The highest BCUT2D eigenvalue weighted by molar-refractivity contribution is 6.31. The van der Waals surface area contributed by atoms with Crippen LogP contribution in [0.25, 0.3) is 0 Å². The van der Waals surface area contributed by atoms with Crippen LogP contribution >= 0.6 is 11.6 Å². The molecule has 0 aromatic heterocycles. The minimum Gasteiger partial charge on any atom is -0.497 e. The monoisotopic (exact) mass is 293 g/mol. The molecule has 2 N–H and O–H groups in total. The first-order valence-corrected chi connectivity index (χ1v) is 6.82. The summed E-state index contributed by atoms with van der Waals surface area (Å²) in [5.41, 5.74) is 7.91. The Morgan fingerprint density at radius 2 is 1.90 bits per heavy atom. The van der Waals surface area contributed by atoms with Crippen molar-refractivity contribution in [1.29, 1.82) is 0 Å². The number of methoxy groups -OCH3 is 1. The molecular formula is C16H17ClFNO. The van der Waals surface area contributed by atoms with Gasteiger partial charge in [-0.25, -0.2) is 4.39 Å². The lowest BCUT2D eigenvalue weighted by Crippen LogP contribution is -2.12. The Hall–Kier alpha value is -1.58. The van der Waals surface area contributed by atoms with Gasteiger partial charge in [0.1, 0.15) is 11.6 Å². The van der Waals surface area contributed by atoms with E-state index in [9.17, 15) is 4.39 Å². The van der Waals surface area contributed by atoms with Gasteiger partial charge in [-0.1, -0.05) is 35.9 Å². The van der Waals surface area contributed by atoms with Crippen molar-refractivity contribution in [1.82, 2.24) is 0 Å². The molecule has 2 aromatic rings. The first kappa shape index (κ1) is 14.8. The van der Waals surface area contributed by atoms with Crippen molar-refractivity contribution < 1.29 is 9.13 Å². The summed E-state index contributed by atoms with van der Waals surface area (Å²) >= 11 is 5.94. The third-order valence-electron chi connectivity index (χ3n) is 3.28. The zero-order chi connectivity index (χ0) is 14.5. The molecule has 0 aliphatic heterocycles. The lowest BCUT2D eigenvalue weighted by Gasteiger charge is -2.14. The second-order valence-electron chi connectivity index (χ2n) is 4.64. The van der Waals surface area contributed by atoms with Gasteiger partial charge in [0.2, 0.25) is 0 Å². The quantitative estimate of drug-likeness (QED) is 0.900. The molecule has 20 heavy (non-hydrogen) atoms. The van der Waals surface area contributed by atoms with Crippen LogP contribution in [-0.4, -0.2) is 7.11 Å². The summed E-state index contributed by atoms with van der Waals surface area (Å²) in [5.74, 6) is 0.398. The van der Waals surface area contributed by atoms with E-state index in [2.05, 4.69) is 0 Å². The fourth-order valence-corrected chi connectivity index (χ4v) is 2.34. The van der Waals surface area contributed by atoms with Gasteiger partial charge in [-0.3, -0.25) is 0 Å². The third kappa shape index (κ3) is 3.50. The fraction of sp³-hybridized carbons (Fsp3) is 0.250. The summed E-state index contributed by atoms with van der Waals surface area (Å²) in [6.07, 6.45) is 1.51. The molecular weight excluding hydrogens is 277 g/mol. The molecule has 0 saturated heterocycles. The topological polar surface area (TPSA) is 35.2 Å². The van der Waals surface area contributed by atoms with Crippen LogP contribution in [0.4, 0.5) is 4.39 Å². The molecule has 106 valence electrons. The number of halogens is 2. The molecule has 0 radical (unpaired) electrons. The Balaban J connectivity index is 2.00. The third-order valence-corrected chi connectivity index (χ3v) is 3.68. The Labute approximate surface area is 123 Å². The van der Waals surface area contributed by atoms with Gasteiger partial charge < -0.3 is 10.5 Å². The Kier molecular flexibility index (Phi) is 4.99. The Bertz CT molecular complexity index is 571. The molecule has 1 atom stereocenters. The fourth-order valence-electron chi connectivity index (χ4n) is 2.08. The zero-order valence-corrected chi connectivity index (χ0v) is 12.0. The molecule has 0 bridgehead atoms. The predicted molar refractivity (Wildman–Crippen MR) is 79.7 cm³/mol. The number of aryl methyl sites for hydroxylation is 1. The van der Waals surface area contributed by atoms with Crippen LogP contribution in [0.3, 0.4) is 0 Å². The summed E-state index contributed by atoms with van der Waals surface area (Å²) in [7, 11) is 1.64. The van der Waals surface area contributed by atoms with E-state index in [0.717, 1.165) is 17.7 Å². The highest BCUT2D eigenvalue weighted by atomic mass is 35.5. The van der Waals surface area contributed by atoms with Gasteiger partial charge in [0.05, 0.1) is 12.1 Å². The van der Waals surface area contributed by atoms with Crippen LogP contribution in [-0.2, 0) is 6.42 Å². The second-order valence-corrected chi connectivity index (χ2v) is 5.01. The van der Waals surface area contributed by atoms with Crippen LogP contribution in [0, 0.1) is 5.82 Å². The first-order valence-electron chi connectivity index (χ1n) is 6.44. The van der Waals surface area contributed by atoms with Crippen LogP contribution in [0.1, 0.15) is 23.6 Å². The summed E-state index contributed by atoms with van der Waals surface area (Å²) in [6.45, 7) is 0. The summed E-state index contributed by atoms with van der Waals surface area (Å²) in [6, 6.07) is 12.3. The van der Waals surface area contributed by atoms with Gasteiger partial charge in [-0.2, -0.15) is 0 Å². The lowest BCUT2D eigenvalue weighted by molar-refractivity contribution is 0.414. The number of hydrogen-bond donors (Lipinski definition) is 1. The molecule has 0 aliphatic rings. The molecule has 0 heterocycles. The molecule has 2 aromatic carbocycles. The first-order chi connectivity index (χ1) is 9.61. The van der Waals surface area contributed by atoms with E-state index in [1.165, 1.54) is 6.07 Å². The van der Waals surface area contributed by atoms with Gasteiger partial charge in [0.15, 0.2) is 0 Å². The number of hydrogen-bond acceptors (Lipinski definition) is 2. The van der Waals surface area contributed by atoms with Gasteiger partial charge in [0.25, 0.3) is 0 Å². The molecule has 0 spiro atoms. The summed E-state index contributed by atoms with van der Waals surface area (Å²) in [5, 5.41) is 0.120. The van der Waals surface area contributed by atoms with E-state index in [-0.39, 0.29) is 11.1 Å². The maximum atomic E-state index is 13.4. The van der Waals surface area contributed by atoms with E-state index in [4.69, 9.17) is 22.1 Å². The SMILES string of the molecule is COc1ccc(CCC(N)c2cccc(F)c2Cl)cc1. The van der Waals surface area contributed by atoms with Gasteiger partial charge >= 0.3 is 0 Å². The molecule has 1 unspecified atom stereocenters. The molecule has 4 heteroatoms. The summed E-state index contributed by atoms with van der Waals surface area (Å²) in [4.78, 5) is 0. The van der Waals surface area contributed by atoms with E-state index in [1.807, 2.05) is 24.3 Å². The number of benzene rings is 2. The Morgan fingerprint density at radius 3 is 2.55 bits per heavy atom. The van der Waals surface area contributed by atoms with Crippen LogP contribution in [0.15, 0.2) is 42.5 Å². The zero-order valence-electron chi connectivity index (χ0n) is 11.3. The van der Waals surface area contributed by atoms with Crippen molar-refractivity contribution in [2.24, 2.45) is 5.73 Å². The maximum Gasteiger partial charge on any atom is 0.142 e. The highest BCUT2D eigenvalue weighted by Crippen LogP contribution is 2.27. The smallest absolute Gasteiger partial charge is 0.142 e. The molecule has 2 rings (SSSR count). The van der Waals surface area contributed by atoms with Crippen molar-refractivity contribution in [2.45, 2.75) is 18.9 Å². The standard InChI is InChI=1S/C16H17ClFNO/c1-20-12-8-5-11(6-9-12)7-10-15(19)13-3-2-4-14(18)16(13)17/h2-6,8-9,15H,7,10,19H2,1H3. The van der Waals surface area contributed by atoms with E-state index >= 15 is 0 Å². The highest BCUT2D eigenvalue weighted by Gasteiger charge is 2.13. The minimum atomic E-state index is -0.427. The average Bonchev–Trinajstić information content (AvgIpc) is 2.48. The normalized spacial score (nSPS) is 12.2. The van der Waals surface area contributed by atoms with E-state index in [1.54, 1.807) is 19.2 Å². The molecule has 0 aliphatic carbocycles. The van der Waals surface area contributed by atoms with Crippen LogP contribution in [0.5, 0.6) is 5.75 Å². The van der Waals surface area contributed by atoms with Crippen LogP contribution in [0.2, 0.25) is 5.02 Å². The van der Waals surface area contributed by atoms with E-state index < -0.39 is 5.82 Å². The number of ether oxygens (including phenoxy) is 1. The van der Waals surface area contributed by atoms with E-state index in [0.29, 0.717) is 12.0 Å². The molecule has 2 nitrogen and oxygen atoms in total. The molecule has 0 fully saturated rings. The van der Waals surface area contributed by atoms with Crippen LogP contribution < -0.4 is 10.5 Å². The Morgan fingerprint density at radius 1 is 1.20 bits per heavy atom. The minimum absolute atomic E-state index is 0.120. The van der Waals surface area contributed by atoms with Crippen molar-refractivity contribution in [2.75, 3.05) is 7.11 Å². The molecule has 0 amide bonds. The second kappa shape index (κ2) is 6.73. The van der Waals surface area contributed by atoms with Gasteiger partial charge in [-0.05, 0) is 42.2 Å². The summed E-state index contributed by atoms with van der Waals surface area (Å²) < 4.78 is 18.5. The molecule has 0 saturated carbocycles.